The van der Waals surface area contributed by atoms with Crippen molar-refractivity contribution in [2.24, 2.45) is 0 Å². The van der Waals surface area contributed by atoms with Crippen molar-refractivity contribution in [2.75, 3.05) is 0 Å². The lowest BCUT2D eigenvalue weighted by molar-refractivity contribution is 0.475. The van der Waals surface area contributed by atoms with Gasteiger partial charge in [0.15, 0.2) is 0 Å². The maximum Gasteiger partial charge on any atom is 0.239 e. The van der Waals surface area contributed by atoms with Gasteiger partial charge in [0.25, 0.3) is 0 Å². The molecule has 0 unspecified atom stereocenters. The van der Waals surface area contributed by atoms with Gasteiger partial charge in [0.2, 0.25) is 20.6 Å². The van der Waals surface area contributed by atoms with Crippen LogP contribution in [-0.2, 0) is 9.84 Å². The second-order valence-corrected chi connectivity index (χ2v) is 5.66. The number of nitrogens with zero attached hydrogens (tertiary/aromatic N) is 1. The molecule has 0 radical (unpaired) electrons. The third kappa shape index (κ3) is 1.69. The summed E-state index contributed by atoms with van der Waals surface area (Å²) in [6.07, 6.45) is 1.56. The van der Waals surface area contributed by atoms with Crippen LogP contribution in [0.3, 0.4) is 0 Å². The summed E-state index contributed by atoms with van der Waals surface area (Å²) in [5.74, 6) is 0. The third-order valence-electron chi connectivity index (χ3n) is 2.59. The number of aromatic nitrogens is 1. The molecule has 0 saturated carbocycles. The minimum absolute atomic E-state index is 0.0811. The van der Waals surface area contributed by atoms with Crippen molar-refractivity contribution in [3.8, 4) is 0 Å². The van der Waals surface area contributed by atoms with Crippen molar-refractivity contribution in [3.63, 3.8) is 0 Å². The molecule has 0 amide bonds. The van der Waals surface area contributed by atoms with Gasteiger partial charge in [-0.2, -0.15) is 0 Å². The molecule has 1 aromatic carbocycles. The highest BCUT2D eigenvalue weighted by atomic mass is 32.2. The zero-order valence-corrected chi connectivity index (χ0v) is 10.1. The average molecular weight is 259 g/mol. The van der Waals surface area contributed by atoms with Gasteiger partial charge in [-0.1, -0.05) is 18.2 Å². The van der Waals surface area contributed by atoms with Gasteiger partial charge in [-0.25, -0.2) is 13.4 Å². The fraction of sp³-hybridized carbons (Fsp3) is 0. The molecule has 0 aliphatic carbocycles. The quantitative estimate of drug-likeness (QED) is 0.710. The SMILES string of the molecule is O=S(=O)(c1ccccc1)c1cc2cccnc2o1. The smallest absolute Gasteiger partial charge is 0.239 e. The lowest BCUT2D eigenvalue weighted by Gasteiger charge is -1.99. The number of benzene rings is 1. The van der Waals surface area contributed by atoms with Gasteiger partial charge in [0.05, 0.1) is 4.90 Å². The molecule has 2 heterocycles. The van der Waals surface area contributed by atoms with Gasteiger partial charge in [0, 0.05) is 17.6 Å². The standard InChI is InChI=1S/C13H9NO3S/c15-18(16,11-6-2-1-3-7-11)12-9-10-5-4-8-14-13(10)17-12/h1-9H. The second kappa shape index (κ2) is 3.96. The Kier molecular flexibility index (Phi) is 2.41. The van der Waals surface area contributed by atoms with Crippen molar-refractivity contribution in [1.82, 2.24) is 4.98 Å². The highest BCUT2D eigenvalue weighted by Gasteiger charge is 2.22. The van der Waals surface area contributed by atoms with Gasteiger partial charge in [0.1, 0.15) is 0 Å². The van der Waals surface area contributed by atoms with E-state index >= 15 is 0 Å². The molecule has 0 fully saturated rings. The molecule has 0 N–H and O–H groups in total. The lowest BCUT2D eigenvalue weighted by atomic mass is 10.3. The van der Waals surface area contributed by atoms with Gasteiger partial charge < -0.3 is 4.42 Å². The summed E-state index contributed by atoms with van der Waals surface area (Å²) in [5.41, 5.74) is 0.326. The molecule has 3 rings (SSSR count). The summed E-state index contributed by atoms with van der Waals surface area (Å²) < 4.78 is 29.9. The monoisotopic (exact) mass is 259 g/mol. The van der Waals surface area contributed by atoms with Gasteiger partial charge in [-0.3, -0.25) is 0 Å². The van der Waals surface area contributed by atoms with Crippen molar-refractivity contribution in [1.29, 1.82) is 0 Å². The predicted octanol–water partition coefficient (Wildman–Crippen LogP) is 2.66. The first-order chi connectivity index (χ1) is 8.68. The third-order valence-corrected chi connectivity index (χ3v) is 4.21. The molecule has 0 bridgehead atoms. The van der Waals surface area contributed by atoms with E-state index in [0.29, 0.717) is 11.1 Å². The first-order valence-corrected chi connectivity index (χ1v) is 6.81. The van der Waals surface area contributed by atoms with E-state index in [2.05, 4.69) is 4.98 Å². The van der Waals surface area contributed by atoms with Crippen LogP contribution < -0.4 is 0 Å². The van der Waals surface area contributed by atoms with Gasteiger partial charge >= 0.3 is 0 Å². The summed E-state index contributed by atoms with van der Waals surface area (Å²) in [5, 5.41) is 0.592. The molecule has 0 saturated heterocycles. The molecule has 3 aromatic rings. The van der Waals surface area contributed by atoms with E-state index in [9.17, 15) is 8.42 Å². The van der Waals surface area contributed by atoms with E-state index in [1.165, 1.54) is 18.2 Å². The molecular formula is C13H9NO3S. The van der Waals surface area contributed by atoms with Crippen LogP contribution in [0.1, 0.15) is 0 Å². The maximum atomic E-state index is 12.3. The first kappa shape index (κ1) is 11.0. The van der Waals surface area contributed by atoms with E-state index in [0.717, 1.165) is 0 Å². The van der Waals surface area contributed by atoms with Crippen molar-refractivity contribution in [3.05, 3.63) is 54.7 Å². The molecular weight excluding hydrogens is 250 g/mol. The van der Waals surface area contributed by atoms with Crippen LogP contribution in [0, 0.1) is 0 Å². The van der Waals surface area contributed by atoms with Crippen LogP contribution in [0.2, 0.25) is 0 Å². The lowest BCUT2D eigenvalue weighted by Crippen LogP contribution is -1.99. The Bertz CT molecular complexity index is 758. The van der Waals surface area contributed by atoms with E-state index in [-0.39, 0.29) is 9.99 Å². The molecule has 5 heteroatoms. The van der Waals surface area contributed by atoms with Crippen molar-refractivity contribution >= 4 is 20.9 Å². The Labute approximate surface area is 104 Å². The average Bonchev–Trinajstić information content (AvgIpc) is 2.84. The number of rotatable bonds is 2. The Hall–Kier alpha value is -2.14. The van der Waals surface area contributed by atoms with Crippen LogP contribution in [0.15, 0.2) is 69.1 Å². The Morgan fingerprint density at radius 3 is 2.50 bits per heavy atom. The highest BCUT2D eigenvalue weighted by molar-refractivity contribution is 7.91. The largest absolute Gasteiger partial charge is 0.426 e. The Balaban J connectivity index is 2.20. The number of fused-ring (bicyclic) bond motifs is 1. The summed E-state index contributed by atoms with van der Waals surface area (Å²) in [7, 11) is -3.61. The van der Waals surface area contributed by atoms with Crippen LogP contribution in [0.4, 0.5) is 0 Å². The fourth-order valence-corrected chi connectivity index (χ4v) is 2.92. The zero-order chi connectivity index (χ0) is 12.6. The maximum absolute atomic E-state index is 12.3. The zero-order valence-electron chi connectivity index (χ0n) is 9.28. The number of furan rings is 1. The van der Waals surface area contributed by atoms with Gasteiger partial charge in [-0.15, -0.1) is 0 Å². The first-order valence-electron chi connectivity index (χ1n) is 5.33. The molecule has 0 aliphatic heterocycles. The summed E-state index contributed by atoms with van der Waals surface area (Å²) in [6.45, 7) is 0. The molecule has 90 valence electrons. The highest BCUT2D eigenvalue weighted by Crippen LogP contribution is 2.26. The van der Waals surface area contributed by atoms with Crippen molar-refractivity contribution in [2.45, 2.75) is 9.99 Å². The second-order valence-electron chi connectivity index (χ2n) is 3.78. The minimum atomic E-state index is -3.61. The molecule has 0 atom stereocenters. The van der Waals surface area contributed by atoms with Crippen LogP contribution in [0.25, 0.3) is 11.1 Å². The summed E-state index contributed by atoms with van der Waals surface area (Å²) in [4.78, 5) is 4.19. The normalized spacial score (nSPS) is 11.8. The predicted molar refractivity (Wildman–Crippen MR) is 65.9 cm³/mol. The van der Waals surface area contributed by atoms with Crippen LogP contribution in [-0.4, -0.2) is 13.4 Å². The van der Waals surface area contributed by atoms with E-state index in [1.54, 1.807) is 36.5 Å². The molecule has 2 aromatic heterocycles. The van der Waals surface area contributed by atoms with E-state index < -0.39 is 9.84 Å². The summed E-state index contributed by atoms with van der Waals surface area (Å²) >= 11 is 0. The minimum Gasteiger partial charge on any atom is -0.426 e. The fourth-order valence-electron chi connectivity index (χ4n) is 1.70. The number of hydrogen-bond donors (Lipinski definition) is 0. The van der Waals surface area contributed by atoms with Crippen LogP contribution in [0.5, 0.6) is 0 Å². The number of pyridine rings is 1. The van der Waals surface area contributed by atoms with E-state index in [1.807, 2.05) is 0 Å². The Morgan fingerprint density at radius 2 is 1.78 bits per heavy atom. The van der Waals surface area contributed by atoms with Crippen LogP contribution >= 0.6 is 0 Å². The molecule has 0 spiro atoms. The number of hydrogen-bond acceptors (Lipinski definition) is 4. The topological polar surface area (TPSA) is 60.2 Å². The molecule has 18 heavy (non-hydrogen) atoms. The van der Waals surface area contributed by atoms with Crippen molar-refractivity contribution < 1.29 is 12.8 Å². The van der Waals surface area contributed by atoms with E-state index in [4.69, 9.17) is 4.42 Å². The molecule has 4 nitrogen and oxygen atoms in total. The Morgan fingerprint density at radius 1 is 1.00 bits per heavy atom. The number of sulfone groups is 1. The molecule has 0 aliphatic rings. The summed E-state index contributed by atoms with van der Waals surface area (Å²) in [6, 6.07) is 13.2. The van der Waals surface area contributed by atoms with Gasteiger partial charge in [-0.05, 0) is 24.3 Å².